The van der Waals surface area contributed by atoms with Crippen LogP contribution in [0.25, 0.3) is 6.08 Å². The van der Waals surface area contributed by atoms with Gasteiger partial charge in [0.05, 0.1) is 11.9 Å². The predicted octanol–water partition coefficient (Wildman–Crippen LogP) is 4.85. The minimum Gasteiger partial charge on any atom is -0.458 e. The van der Waals surface area contributed by atoms with Gasteiger partial charge in [-0.1, -0.05) is 41.9 Å². The maximum atomic E-state index is 13.0. The van der Waals surface area contributed by atoms with Crippen molar-refractivity contribution < 1.29 is 14.3 Å². The lowest BCUT2D eigenvalue weighted by atomic mass is 9.96. The number of rotatable bonds is 8. The quantitative estimate of drug-likeness (QED) is 0.223. The van der Waals surface area contributed by atoms with Gasteiger partial charge in [0.2, 0.25) is 0 Å². The smallest absolute Gasteiger partial charge is 0.272 e. The van der Waals surface area contributed by atoms with Crippen LogP contribution in [0.2, 0.25) is 0 Å². The number of nitrogens with one attached hydrogen (secondary N) is 2. The molecule has 34 heavy (non-hydrogen) atoms. The summed E-state index contributed by atoms with van der Waals surface area (Å²) in [5.41, 5.74) is 2.28. The Kier molecular flexibility index (Phi) is 8.57. The highest BCUT2D eigenvalue weighted by Crippen LogP contribution is 2.19. The molecule has 0 saturated heterocycles. The third-order valence-corrected chi connectivity index (χ3v) is 4.57. The fourth-order valence-corrected chi connectivity index (χ4v) is 2.90. The largest absolute Gasteiger partial charge is 0.458 e. The van der Waals surface area contributed by atoms with Crippen molar-refractivity contribution in [3.05, 3.63) is 119 Å². The second kappa shape index (κ2) is 12.0. The van der Waals surface area contributed by atoms with Crippen molar-refractivity contribution in [2.45, 2.75) is 13.8 Å². The Balaban J connectivity index is 1.85. The van der Waals surface area contributed by atoms with E-state index < -0.39 is 11.8 Å². The highest BCUT2D eigenvalue weighted by molar-refractivity contribution is 6.21. The van der Waals surface area contributed by atoms with Gasteiger partial charge in [-0.2, -0.15) is 0 Å². The zero-order valence-corrected chi connectivity index (χ0v) is 19.0. The van der Waals surface area contributed by atoms with Gasteiger partial charge in [0.15, 0.2) is 0 Å². The van der Waals surface area contributed by atoms with Crippen molar-refractivity contribution in [1.82, 2.24) is 10.3 Å². The molecule has 0 bridgehead atoms. The average Bonchev–Trinajstić information content (AvgIpc) is 2.85. The van der Waals surface area contributed by atoms with E-state index in [9.17, 15) is 9.59 Å². The Morgan fingerprint density at radius 2 is 1.74 bits per heavy atom. The van der Waals surface area contributed by atoms with Crippen molar-refractivity contribution in [1.29, 1.82) is 0 Å². The van der Waals surface area contributed by atoms with Gasteiger partial charge in [-0.15, -0.1) is 0 Å². The first-order valence-corrected chi connectivity index (χ1v) is 10.6. The van der Waals surface area contributed by atoms with Crippen LogP contribution >= 0.6 is 0 Å². The van der Waals surface area contributed by atoms with Crippen LogP contribution in [0.1, 0.15) is 29.8 Å². The maximum absolute atomic E-state index is 13.0. The van der Waals surface area contributed by atoms with E-state index in [0.717, 1.165) is 0 Å². The standard InChI is InChI=1S/C27H24BN3O3/c1-3-8-25(19(2)28)34-23-14-12-20(13-15-23)17-24(27(33)30-22-11-7-16-29-18-22)31-26(32)21-9-5-4-6-10-21/h3-18H,1-2H3,(H,30,33)(H,31,32). The van der Waals surface area contributed by atoms with Crippen LogP contribution in [0.3, 0.4) is 0 Å². The van der Waals surface area contributed by atoms with E-state index in [2.05, 4.69) is 15.6 Å². The fourth-order valence-electron chi connectivity index (χ4n) is 2.90. The summed E-state index contributed by atoms with van der Waals surface area (Å²) in [6, 6.07) is 19.2. The first-order chi connectivity index (χ1) is 16.5. The second-order valence-corrected chi connectivity index (χ2v) is 7.29. The average molecular weight is 449 g/mol. The highest BCUT2D eigenvalue weighted by Gasteiger charge is 2.15. The lowest BCUT2D eigenvalue weighted by molar-refractivity contribution is -0.113. The van der Waals surface area contributed by atoms with Gasteiger partial charge in [0.1, 0.15) is 25.1 Å². The molecule has 0 unspecified atom stereocenters. The second-order valence-electron chi connectivity index (χ2n) is 7.29. The fraction of sp³-hybridized carbons (Fsp3) is 0.0741. The molecule has 2 amide bonds. The number of carbonyl (C=O) groups is 2. The van der Waals surface area contributed by atoms with E-state index in [1.807, 2.05) is 19.1 Å². The molecule has 2 radical (unpaired) electrons. The van der Waals surface area contributed by atoms with Crippen LogP contribution in [-0.2, 0) is 4.79 Å². The minimum absolute atomic E-state index is 0.0821. The molecular formula is C27H24BN3O3. The molecule has 168 valence electrons. The lowest BCUT2D eigenvalue weighted by Crippen LogP contribution is -2.30. The summed E-state index contributed by atoms with van der Waals surface area (Å²) in [6.45, 7) is 3.64. The number of benzene rings is 2. The highest BCUT2D eigenvalue weighted by atomic mass is 16.5. The number of hydrogen-bond donors (Lipinski definition) is 2. The molecule has 0 fully saturated rings. The molecule has 3 rings (SSSR count). The van der Waals surface area contributed by atoms with Crippen LogP contribution in [0.5, 0.6) is 5.75 Å². The summed E-state index contributed by atoms with van der Waals surface area (Å²) < 4.78 is 5.82. The monoisotopic (exact) mass is 449 g/mol. The number of anilines is 1. The number of carbonyl (C=O) groups excluding carboxylic acids is 2. The molecule has 0 spiro atoms. The number of allylic oxidation sites excluding steroid dienone is 3. The Labute approximate surface area is 200 Å². The topological polar surface area (TPSA) is 80.3 Å². The van der Waals surface area contributed by atoms with E-state index in [0.29, 0.717) is 33.8 Å². The molecule has 2 aromatic carbocycles. The van der Waals surface area contributed by atoms with Gasteiger partial charge in [-0.25, -0.2) is 0 Å². The van der Waals surface area contributed by atoms with Crippen LogP contribution < -0.4 is 15.4 Å². The number of aromatic nitrogens is 1. The van der Waals surface area contributed by atoms with Crippen molar-refractivity contribution in [2.24, 2.45) is 0 Å². The molecule has 0 aliphatic rings. The van der Waals surface area contributed by atoms with Crippen molar-refractivity contribution in [3.8, 4) is 5.75 Å². The van der Waals surface area contributed by atoms with Gasteiger partial charge >= 0.3 is 0 Å². The van der Waals surface area contributed by atoms with E-state index in [-0.39, 0.29) is 5.70 Å². The summed E-state index contributed by atoms with van der Waals surface area (Å²) in [5, 5.41) is 5.45. The molecule has 0 aliphatic heterocycles. The summed E-state index contributed by atoms with van der Waals surface area (Å²) in [5.74, 6) is 0.268. The Morgan fingerprint density at radius 3 is 2.35 bits per heavy atom. The zero-order chi connectivity index (χ0) is 24.3. The Morgan fingerprint density at radius 1 is 1.00 bits per heavy atom. The third-order valence-electron chi connectivity index (χ3n) is 4.57. The van der Waals surface area contributed by atoms with Crippen molar-refractivity contribution >= 4 is 31.4 Å². The number of nitrogens with zero attached hydrogens (tertiary/aromatic N) is 1. The Hall–Kier alpha value is -4.39. The van der Waals surface area contributed by atoms with Crippen LogP contribution in [0.15, 0.2) is 108 Å². The van der Waals surface area contributed by atoms with E-state index >= 15 is 0 Å². The molecular weight excluding hydrogens is 425 g/mol. The number of amides is 2. The summed E-state index contributed by atoms with van der Waals surface area (Å²) in [4.78, 5) is 29.7. The number of ether oxygens (including phenoxy) is 1. The first-order valence-electron chi connectivity index (χ1n) is 10.6. The van der Waals surface area contributed by atoms with Gasteiger partial charge in [-0.3, -0.25) is 14.6 Å². The van der Waals surface area contributed by atoms with E-state index in [4.69, 9.17) is 12.6 Å². The van der Waals surface area contributed by atoms with Crippen LogP contribution in [0.4, 0.5) is 5.69 Å². The molecule has 1 aromatic heterocycles. The summed E-state index contributed by atoms with van der Waals surface area (Å²) in [6.07, 6.45) is 8.34. The van der Waals surface area contributed by atoms with Crippen LogP contribution in [-0.4, -0.2) is 24.6 Å². The lowest BCUT2D eigenvalue weighted by Gasteiger charge is -2.12. The molecule has 6 nitrogen and oxygen atoms in total. The van der Waals surface area contributed by atoms with Crippen molar-refractivity contribution in [3.63, 3.8) is 0 Å². The maximum Gasteiger partial charge on any atom is 0.272 e. The SMILES string of the molecule is [B]C(C)=C(C=CC)Oc1ccc(C=C(NC(=O)c2ccccc2)C(=O)Nc2cccnc2)cc1. The minimum atomic E-state index is -0.477. The first kappa shape index (κ1) is 24.3. The van der Waals surface area contributed by atoms with Gasteiger partial charge in [0, 0.05) is 11.8 Å². The van der Waals surface area contributed by atoms with Crippen molar-refractivity contribution in [2.75, 3.05) is 5.32 Å². The molecule has 0 aliphatic carbocycles. The predicted molar refractivity (Wildman–Crippen MR) is 135 cm³/mol. The molecule has 0 saturated carbocycles. The zero-order valence-electron chi connectivity index (χ0n) is 19.0. The van der Waals surface area contributed by atoms with Gasteiger partial charge in [-0.05, 0) is 68.0 Å². The third kappa shape index (κ3) is 7.07. The molecule has 1 heterocycles. The molecule has 0 atom stereocenters. The Bertz CT molecular complexity index is 1210. The normalized spacial score (nSPS) is 12.1. The number of hydrogen-bond acceptors (Lipinski definition) is 4. The summed E-state index contributed by atoms with van der Waals surface area (Å²) >= 11 is 0. The van der Waals surface area contributed by atoms with E-state index in [1.54, 1.807) is 85.9 Å². The van der Waals surface area contributed by atoms with Crippen LogP contribution in [0, 0.1) is 0 Å². The number of pyridine rings is 1. The molecule has 7 heteroatoms. The molecule has 3 aromatic rings. The van der Waals surface area contributed by atoms with E-state index in [1.165, 1.54) is 6.20 Å². The van der Waals surface area contributed by atoms with Gasteiger partial charge < -0.3 is 15.4 Å². The molecule has 2 N–H and O–H groups in total. The van der Waals surface area contributed by atoms with Gasteiger partial charge in [0.25, 0.3) is 11.8 Å². The summed E-state index contributed by atoms with van der Waals surface area (Å²) in [7, 11) is 5.86.